The van der Waals surface area contributed by atoms with Gasteiger partial charge in [0.1, 0.15) is 5.69 Å². The SMILES string of the molecule is Cc1nc(C(=O)N2C[C@@H]3C[C@@H]3[C@H]2CNC(=O)c2cn(C)nc2C)c(-c2cccc(Cl)c2)s1. The molecule has 5 rings (SSSR count). The van der Waals surface area contributed by atoms with E-state index < -0.39 is 0 Å². The normalized spacial score (nSPS) is 21.5. The molecule has 0 bridgehead atoms. The first kappa shape index (κ1) is 21.2. The van der Waals surface area contributed by atoms with Crippen molar-refractivity contribution in [1.82, 2.24) is 25.0 Å². The zero-order chi connectivity index (χ0) is 22.6. The molecule has 2 aromatic heterocycles. The average molecular weight is 470 g/mol. The van der Waals surface area contributed by atoms with E-state index in [1.165, 1.54) is 11.3 Å². The summed E-state index contributed by atoms with van der Waals surface area (Å²) in [7, 11) is 1.79. The summed E-state index contributed by atoms with van der Waals surface area (Å²) in [6.07, 6.45) is 2.82. The van der Waals surface area contributed by atoms with E-state index in [2.05, 4.69) is 15.4 Å². The van der Waals surface area contributed by atoms with Crippen LogP contribution in [0.15, 0.2) is 30.5 Å². The van der Waals surface area contributed by atoms with Crippen molar-refractivity contribution in [3.63, 3.8) is 0 Å². The van der Waals surface area contributed by atoms with Gasteiger partial charge in [-0.1, -0.05) is 23.7 Å². The fourth-order valence-electron chi connectivity index (χ4n) is 4.71. The summed E-state index contributed by atoms with van der Waals surface area (Å²) in [5.74, 6) is 0.712. The highest BCUT2D eigenvalue weighted by Crippen LogP contribution is 2.50. The highest BCUT2D eigenvalue weighted by Gasteiger charge is 2.54. The van der Waals surface area contributed by atoms with Gasteiger partial charge >= 0.3 is 0 Å². The molecule has 2 aliphatic rings. The molecule has 2 amide bonds. The van der Waals surface area contributed by atoms with Crippen LogP contribution >= 0.6 is 22.9 Å². The average Bonchev–Trinajstić information content (AvgIpc) is 3.07. The van der Waals surface area contributed by atoms with Gasteiger partial charge < -0.3 is 10.2 Å². The molecule has 166 valence electrons. The maximum atomic E-state index is 13.6. The van der Waals surface area contributed by atoms with Crippen LogP contribution in [0.2, 0.25) is 5.02 Å². The third kappa shape index (κ3) is 3.82. The summed E-state index contributed by atoms with van der Waals surface area (Å²) >= 11 is 7.69. The molecule has 1 aromatic carbocycles. The first-order valence-corrected chi connectivity index (χ1v) is 11.8. The van der Waals surface area contributed by atoms with Crippen LogP contribution in [0.4, 0.5) is 0 Å². The minimum atomic E-state index is -0.156. The second-order valence-electron chi connectivity index (χ2n) is 8.62. The van der Waals surface area contributed by atoms with Crippen LogP contribution in [0.3, 0.4) is 0 Å². The number of thiazole rings is 1. The number of aryl methyl sites for hydroxylation is 3. The Bertz CT molecular complexity index is 1220. The van der Waals surface area contributed by atoms with Crippen LogP contribution < -0.4 is 5.32 Å². The number of aromatic nitrogens is 3. The molecule has 3 heterocycles. The van der Waals surface area contributed by atoms with E-state index in [4.69, 9.17) is 11.6 Å². The summed E-state index contributed by atoms with van der Waals surface area (Å²) in [4.78, 5) is 33.6. The van der Waals surface area contributed by atoms with Crippen molar-refractivity contribution in [3.8, 4) is 10.4 Å². The van der Waals surface area contributed by atoms with Gasteiger partial charge in [0.15, 0.2) is 0 Å². The fraction of sp³-hybridized carbons (Fsp3) is 0.391. The van der Waals surface area contributed by atoms with Crippen molar-refractivity contribution < 1.29 is 9.59 Å². The quantitative estimate of drug-likeness (QED) is 0.617. The minimum Gasteiger partial charge on any atom is -0.350 e. The third-order valence-electron chi connectivity index (χ3n) is 6.32. The molecule has 0 spiro atoms. The number of fused-ring (bicyclic) bond motifs is 1. The van der Waals surface area contributed by atoms with E-state index in [0.29, 0.717) is 46.9 Å². The first-order valence-electron chi connectivity index (χ1n) is 10.6. The Morgan fingerprint density at radius 1 is 1.31 bits per heavy atom. The minimum absolute atomic E-state index is 0.0253. The van der Waals surface area contributed by atoms with E-state index in [9.17, 15) is 9.59 Å². The van der Waals surface area contributed by atoms with Crippen molar-refractivity contribution in [3.05, 3.63) is 57.4 Å². The van der Waals surface area contributed by atoms with Crippen LogP contribution in [0.1, 0.15) is 38.0 Å². The molecule has 1 saturated carbocycles. The maximum Gasteiger partial charge on any atom is 0.274 e. The first-order chi connectivity index (χ1) is 15.3. The van der Waals surface area contributed by atoms with Crippen molar-refractivity contribution in [1.29, 1.82) is 0 Å². The van der Waals surface area contributed by atoms with Gasteiger partial charge in [-0.2, -0.15) is 5.10 Å². The van der Waals surface area contributed by atoms with Crippen LogP contribution in [0.25, 0.3) is 10.4 Å². The van der Waals surface area contributed by atoms with Gasteiger partial charge in [-0.25, -0.2) is 4.98 Å². The lowest BCUT2D eigenvalue weighted by atomic mass is 10.1. The number of rotatable bonds is 5. The predicted octanol–water partition coefficient (Wildman–Crippen LogP) is 3.70. The van der Waals surface area contributed by atoms with Crippen molar-refractivity contribution in [2.45, 2.75) is 26.3 Å². The molecule has 9 heteroatoms. The number of nitrogens with one attached hydrogen (secondary N) is 1. The van der Waals surface area contributed by atoms with E-state index in [1.54, 1.807) is 17.9 Å². The Kier molecular flexibility index (Phi) is 5.29. The number of benzene rings is 1. The van der Waals surface area contributed by atoms with E-state index in [1.807, 2.05) is 43.0 Å². The van der Waals surface area contributed by atoms with E-state index >= 15 is 0 Å². The van der Waals surface area contributed by atoms with Crippen LogP contribution in [0.5, 0.6) is 0 Å². The lowest BCUT2D eigenvalue weighted by Gasteiger charge is -2.27. The number of amides is 2. The lowest BCUT2D eigenvalue weighted by molar-refractivity contribution is 0.0690. The Balaban J connectivity index is 1.36. The highest BCUT2D eigenvalue weighted by molar-refractivity contribution is 7.15. The van der Waals surface area contributed by atoms with Crippen molar-refractivity contribution in [2.75, 3.05) is 13.1 Å². The molecule has 3 atom stereocenters. The molecule has 0 radical (unpaired) electrons. The molecule has 1 aliphatic heterocycles. The molecule has 2 fully saturated rings. The second kappa shape index (κ2) is 8.01. The van der Waals surface area contributed by atoms with E-state index in [-0.39, 0.29) is 17.9 Å². The Hall–Kier alpha value is -2.71. The summed E-state index contributed by atoms with van der Waals surface area (Å²) in [5.41, 5.74) is 2.62. The number of halogens is 1. The van der Waals surface area contributed by atoms with Gasteiger partial charge in [-0.3, -0.25) is 14.3 Å². The largest absolute Gasteiger partial charge is 0.350 e. The second-order valence-corrected chi connectivity index (χ2v) is 10.3. The monoisotopic (exact) mass is 469 g/mol. The highest BCUT2D eigenvalue weighted by atomic mass is 35.5. The number of nitrogens with zero attached hydrogens (tertiary/aromatic N) is 4. The van der Waals surface area contributed by atoms with Crippen LogP contribution in [-0.2, 0) is 7.05 Å². The van der Waals surface area contributed by atoms with Gasteiger partial charge in [0.25, 0.3) is 11.8 Å². The topological polar surface area (TPSA) is 80.1 Å². The number of hydrogen-bond acceptors (Lipinski definition) is 5. The molecule has 3 aromatic rings. The molecule has 0 unspecified atom stereocenters. The summed E-state index contributed by atoms with van der Waals surface area (Å²) in [5, 5.41) is 8.73. The number of hydrogen-bond donors (Lipinski definition) is 1. The zero-order valence-electron chi connectivity index (χ0n) is 18.1. The standard InChI is InChI=1S/C23H24ClN5O2S/c1-12-18(11-28(3)27-12)22(30)25-9-19-17-8-15(17)10-29(19)23(31)20-21(32-13(2)26-20)14-5-4-6-16(24)7-14/h4-7,11,15,17,19H,8-10H2,1-3H3,(H,25,30)/t15-,17-,19+/m0/s1. The zero-order valence-corrected chi connectivity index (χ0v) is 19.7. The molecule has 7 nitrogen and oxygen atoms in total. The molecule has 1 aliphatic carbocycles. The maximum absolute atomic E-state index is 13.6. The van der Waals surface area contributed by atoms with Crippen molar-refractivity contribution in [2.24, 2.45) is 18.9 Å². The number of carbonyl (C=O) groups excluding carboxylic acids is 2. The van der Waals surface area contributed by atoms with Gasteiger partial charge in [0, 0.05) is 31.4 Å². The smallest absolute Gasteiger partial charge is 0.274 e. The molecular formula is C23H24ClN5O2S. The molecule has 1 saturated heterocycles. The van der Waals surface area contributed by atoms with Gasteiger partial charge in [-0.15, -0.1) is 11.3 Å². The van der Waals surface area contributed by atoms with Crippen LogP contribution in [0, 0.1) is 25.7 Å². The Labute approximate surface area is 195 Å². The Morgan fingerprint density at radius 2 is 2.12 bits per heavy atom. The summed E-state index contributed by atoms with van der Waals surface area (Å²) < 4.78 is 1.63. The molecule has 1 N–H and O–H groups in total. The lowest BCUT2D eigenvalue weighted by Crippen LogP contribution is -2.45. The Morgan fingerprint density at radius 3 is 2.84 bits per heavy atom. The fourth-order valence-corrected chi connectivity index (χ4v) is 5.81. The summed E-state index contributed by atoms with van der Waals surface area (Å²) in [6, 6.07) is 7.48. The summed E-state index contributed by atoms with van der Waals surface area (Å²) in [6.45, 7) is 4.86. The number of likely N-dealkylation sites (tertiary alicyclic amines) is 1. The van der Waals surface area contributed by atoms with Crippen LogP contribution in [-0.4, -0.2) is 50.6 Å². The molecular weight excluding hydrogens is 446 g/mol. The third-order valence-corrected chi connectivity index (χ3v) is 7.57. The van der Waals surface area contributed by atoms with Gasteiger partial charge in [-0.05, 0) is 49.8 Å². The number of carbonyl (C=O) groups is 2. The van der Waals surface area contributed by atoms with Gasteiger partial charge in [0.05, 0.1) is 27.2 Å². The number of piperidine rings is 1. The van der Waals surface area contributed by atoms with Crippen molar-refractivity contribution >= 4 is 34.8 Å². The predicted molar refractivity (Wildman–Crippen MR) is 124 cm³/mol. The van der Waals surface area contributed by atoms with E-state index in [0.717, 1.165) is 21.9 Å². The van der Waals surface area contributed by atoms with Gasteiger partial charge in [0.2, 0.25) is 0 Å². The molecule has 32 heavy (non-hydrogen) atoms.